The van der Waals surface area contributed by atoms with Crippen LogP contribution in [0.2, 0.25) is 0 Å². The van der Waals surface area contributed by atoms with Crippen molar-refractivity contribution in [3.8, 4) is 0 Å². The molecule has 1 aromatic rings. The maximum absolute atomic E-state index is 5.74. The average molecular weight is 246 g/mol. The summed E-state index contributed by atoms with van der Waals surface area (Å²) in [4.78, 5) is 2.62. The number of hydrogen-bond donors (Lipinski definition) is 1. The minimum absolute atomic E-state index is 0.737. The highest BCUT2D eigenvalue weighted by atomic mass is 15.1. The van der Waals surface area contributed by atoms with Gasteiger partial charge in [-0.15, -0.1) is 0 Å². The first-order valence-electron chi connectivity index (χ1n) is 7.23. The first-order chi connectivity index (χ1) is 8.65. The zero-order valence-corrected chi connectivity index (χ0v) is 11.7. The Hall–Kier alpha value is -1.02. The van der Waals surface area contributed by atoms with Gasteiger partial charge >= 0.3 is 0 Å². The smallest absolute Gasteiger partial charge is 0.0314 e. The van der Waals surface area contributed by atoms with Gasteiger partial charge in [0.1, 0.15) is 0 Å². The zero-order chi connectivity index (χ0) is 13.0. The lowest BCUT2D eigenvalue weighted by atomic mass is 9.89. The van der Waals surface area contributed by atoms with Gasteiger partial charge in [-0.2, -0.15) is 0 Å². The summed E-state index contributed by atoms with van der Waals surface area (Å²) >= 11 is 0. The Labute approximate surface area is 111 Å². The summed E-state index contributed by atoms with van der Waals surface area (Å²) in [7, 11) is 0. The third kappa shape index (κ3) is 3.74. The SMILES string of the molecule is CC(C)CCN1CCC(c2ccc(N)cc2)CC1. The van der Waals surface area contributed by atoms with E-state index in [2.05, 4.69) is 30.9 Å². The van der Waals surface area contributed by atoms with Crippen molar-refractivity contribution in [2.75, 3.05) is 25.4 Å². The van der Waals surface area contributed by atoms with Crippen LogP contribution in [-0.4, -0.2) is 24.5 Å². The lowest BCUT2D eigenvalue weighted by Gasteiger charge is -2.32. The van der Waals surface area contributed by atoms with Crippen LogP contribution < -0.4 is 5.73 Å². The van der Waals surface area contributed by atoms with E-state index < -0.39 is 0 Å². The number of nitrogens with two attached hydrogens (primary N) is 1. The van der Waals surface area contributed by atoms with Crippen LogP contribution in [-0.2, 0) is 0 Å². The lowest BCUT2D eigenvalue weighted by molar-refractivity contribution is 0.202. The van der Waals surface area contributed by atoms with Gasteiger partial charge in [-0.25, -0.2) is 0 Å². The van der Waals surface area contributed by atoms with E-state index >= 15 is 0 Å². The van der Waals surface area contributed by atoms with E-state index in [1.54, 1.807) is 0 Å². The van der Waals surface area contributed by atoms with Crippen LogP contribution in [0.25, 0.3) is 0 Å². The largest absolute Gasteiger partial charge is 0.399 e. The topological polar surface area (TPSA) is 29.3 Å². The van der Waals surface area contributed by atoms with Gasteiger partial charge in [0.05, 0.1) is 0 Å². The van der Waals surface area contributed by atoms with Crippen LogP contribution >= 0.6 is 0 Å². The van der Waals surface area contributed by atoms with Gasteiger partial charge in [0.25, 0.3) is 0 Å². The van der Waals surface area contributed by atoms with Crippen LogP contribution in [0.15, 0.2) is 24.3 Å². The Balaban J connectivity index is 1.81. The molecule has 0 aliphatic carbocycles. The molecule has 0 aromatic heterocycles. The maximum atomic E-state index is 5.74. The second kappa shape index (κ2) is 6.24. The average Bonchev–Trinajstić information content (AvgIpc) is 2.38. The minimum Gasteiger partial charge on any atom is -0.399 e. The predicted octanol–water partition coefficient (Wildman–Crippen LogP) is 3.49. The molecule has 2 N–H and O–H groups in total. The van der Waals surface area contributed by atoms with Crippen LogP contribution in [0.1, 0.15) is 44.6 Å². The molecular formula is C16H26N2. The molecule has 2 heteroatoms. The second-order valence-electron chi connectivity index (χ2n) is 5.97. The molecule has 1 fully saturated rings. The van der Waals surface area contributed by atoms with Gasteiger partial charge in [0.15, 0.2) is 0 Å². The summed E-state index contributed by atoms with van der Waals surface area (Å²) in [5.41, 5.74) is 8.07. The highest BCUT2D eigenvalue weighted by Crippen LogP contribution is 2.28. The van der Waals surface area contributed by atoms with Crippen LogP contribution in [0.4, 0.5) is 5.69 Å². The Morgan fingerprint density at radius 1 is 1.17 bits per heavy atom. The van der Waals surface area contributed by atoms with Crippen molar-refractivity contribution in [2.45, 2.75) is 39.0 Å². The quantitative estimate of drug-likeness (QED) is 0.824. The van der Waals surface area contributed by atoms with Crippen molar-refractivity contribution in [1.82, 2.24) is 4.90 Å². The fourth-order valence-electron chi connectivity index (χ4n) is 2.70. The van der Waals surface area contributed by atoms with E-state index in [0.29, 0.717) is 0 Å². The molecule has 0 atom stereocenters. The Morgan fingerprint density at radius 2 is 1.78 bits per heavy atom. The fourth-order valence-corrected chi connectivity index (χ4v) is 2.70. The first kappa shape index (κ1) is 13.4. The number of benzene rings is 1. The molecular weight excluding hydrogens is 220 g/mol. The number of likely N-dealkylation sites (tertiary alicyclic amines) is 1. The molecule has 1 saturated heterocycles. The molecule has 0 unspecified atom stereocenters. The molecule has 2 rings (SSSR count). The molecule has 0 amide bonds. The Bertz CT molecular complexity index is 348. The van der Waals surface area contributed by atoms with Gasteiger partial charge < -0.3 is 10.6 Å². The molecule has 1 aliphatic rings. The molecule has 1 aliphatic heterocycles. The van der Waals surface area contributed by atoms with Gasteiger partial charge in [-0.3, -0.25) is 0 Å². The molecule has 100 valence electrons. The fraction of sp³-hybridized carbons (Fsp3) is 0.625. The van der Waals surface area contributed by atoms with E-state index in [9.17, 15) is 0 Å². The molecule has 0 bridgehead atoms. The van der Waals surface area contributed by atoms with Crippen molar-refractivity contribution < 1.29 is 0 Å². The van der Waals surface area contributed by atoms with Crippen molar-refractivity contribution in [3.05, 3.63) is 29.8 Å². The number of anilines is 1. The van der Waals surface area contributed by atoms with Crippen molar-refractivity contribution >= 4 is 5.69 Å². The number of nitrogens with zero attached hydrogens (tertiary/aromatic N) is 1. The highest BCUT2D eigenvalue weighted by Gasteiger charge is 2.20. The summed E-state index contributed by atoms with van der Waals surface area (Å²) < 4.78 is 0. The monoisotopic (exact) mass is 246 g/mol. The van der Waals surface area contributed by atoms with Gasteiger partial charge in [-0.05, 0) is 68.4 Å². The van der Waals surface area contributed by atoms with E-state index in [4.69, 9.17) is 5.73 Å². The maximum Gasteiger partial charge on any atom is 0.0314 e. The van der Waals surface area contributed by atoms with Crippen LogP contribution in [0.5, 0.6) is 0 Å². The minimum atomic E-state index is 0.737. The number of nitrogen functional groups attached to an aromatic ring is 1. The van der Waals surface area contributed by atoms with E-state index in [0.717, 1.165) is 17.5 Å². The van der Waals surface area contributed by atoms with Crippen molar-refractivity contribution in [1.29, 1.82) is 0 Å². The standard InChI is InChI=1S/C16H26N2/c1-13(2)7-10-18-11-8-15(9-12-18)14-3-5-16(17)6-4-14/h3-6,13,15H,7-12,17H2,1-2H3. The van der Waals surface area contributed by atoms with Gasteiger partial charge in [-0.1, -0.05) is 26.0 Å². The van der Waals surface area contributed by atoms with Gasteiger partial charge in [0, 0.05) is 5.69 Å². The molecule has 18 heavy (non-hydrogen) atoms. The first-order valence-corrected chi connectivity index (χ1v) is 7.23. The summed E-state index contributed by atoms with van der Waals surface area (Å²) in [6.07, 6.45) is 3.91. The molecule has 0 saturated carbocycles. The van der Waals surface area contributed by atoms with Crippen LogP contribution in [0, 0.1) is 5.92 Å². The Morgan fingerprint density at radius 3 is 2.33 bits per heavy atom. The lowest BCUT2D eigenvalue weighted by Crippen LogP contribution is -2.34. The van der Waals surface area contributed by atoms with Gasteiger partial charge in [0.2, 0.25) is 0 Å². The molecule has 0 radical (unpaired) electrons. The number of hydrogen-bond acceptors (Lipinski definition) is 2. The van der Waals surface area contributed by atoms with E-state index in [1.165, 1.54) is 44.5 Å². The Kier molecular flexibility index (Phi) is 4.65. The zero-order valence-electron chi connectivity index (χ0n) is 11.7. The van der Waals surface area contributed by atoms with Crippen molar-refractivity contribution in [3.63, 3.8) is 0 Å². The molecule has 1 aromatic carbocycles. The van der Waals surface area contributed by atoms with E-state index in [1.807, 2.05) is 12.1 Å². The van der Waals surface area contributed by atoms with E-state index in [-0.39, 0.29) is 0 Å². The molecule has 2 nitrogen and oxygen atoms in total. The summed E-state index contributed by atoms with van der Waals surface area (Å²) in [5.74, 6) is 1.56. The summed E-state index contributed by atoms with van der Waals surface area (Å²) in [5, 5.41) is 0. The third-order valence-corrected chi connectivity index (χ3v) is 4.02. The summed E-state index contributed by atoms with van der Waals surface area (Å²) in [6.45, 7) is 8.39. The molecule has 0 spiro atoms. The predicted molar refractivity (Wildman–Crippen MR) is 78.7 cm³/mol. The molecule has 1 heterocycles. The second-order valence-corrected chi connectivity index (χ2v) is 5.97. The third-order valence-electron chi connectivity index (χ3n) is 4.02. The highest BCUT2D eigenvalue weighted by molar-refractivity contribution is 5.40. The number of rotatable bonds is 4. The normalized spacial score (nSPS) is 18.4. The number of piperidine rings is 1. The van der Waals surface area contributed by atoms with Crippen molar-refractivity contribution in [2.24, 2.45) is 5.92 Å². The van der Waals surface area contributed by atoms with Crippen LogP contribution in [0.3, 0.4) is 0 Å². The summed E-state index contributed by atoms with van der Waals surface area (Å²) in [6, 6.07) is 8.45.